The molecular formula is C19H18Cl2N2O4. The van der Waals surface area contributed by atoms with Gasteiger partial charge in [0.1, 0.15) is 13.7 Å². The summed E-state index contributed by atoms with van der Waals surface area (Å²) in [5.74, 6) is -1.20. The Morgan fingerprint density at radius 2 is 1.81 bits per heavy atom. The first-order valence-electron chi connectivity index (χ1n) is 7.89. The number of halogens is 2. The van der Waals surface area contributed by atoms with Crippen molar-refractivity contribution in [1.82, 2.24) is 0 Å². The summed E-state index contributed by atoms with van der Waals surface area (Å²) >= 11 is 12.0. The van der Waals surface area contributed by atoms with Crippen molar-refractivity contribution < 1.29 is 19.6 Å². The summed E-state index contributed by atoms with van der Waals surface area (Å²) in [6.45, 7) is 3.67. The van der Waals surface area contributed by atoms with Crippen LogP contribution in [0.15, 0.2) is 46.7 Å². The molecule has 0 heterocycles. The number of aliphatic carboxylic acids is 1. The summed E-state index contributed by atoms with van der Waals surface area (Å²) in [4.78, 5) is 21.6. The number of carboxylic acids is 1. The molecule has 142 valence electrons. The summed E-state index contributed by atoms with van der Waals surface area (Å²) in [7, 11) is 1.29. The van der Waals surface area contributed by atoms with Crippen molar-refractivity contribution in [3.8, 4) is 0 Å². The number of hydrogen-bond donors (Lipinski definition) is 1. The highest BCUT2D eigenvalue weighted by molar-refractivity contribution is 6.42. The van der Waals surface area contributed by atoms with Gasteiger partial charge in [0.25, 0.3) is 0 Å². The predicted octanol–water partition coefficient (Wildman–Crippen LogP) is 4.68. The molecule has 0 saturated carbocycles. The number of benzene rings is 2. The Balaban J connectivity index is 2.27. The van der Waals surface area contributed by atoms with Crippen molar-refractivity contribution in [3.05, 3.63) is 68.7 Å². The fraction of sp³-hybridized carbons (Fsp3) is 0.211. The molecule has 0 aliphatic rings. The lowest BCUT2D eigenvalue weighted by Crippen LogP contribution is -2.18. The highest BCUT2D eigenvalue weighted by atomic mass is 35.5. The molecule has 0 spiro atoms. The maximum absolute atomic E-state index is 11.5. The van der Waals surface area contributed by atoms with E-state index in [4.69, 9.17) is 28.0 Å². The van der Waals surface area contributed by atoms with Gasteiger partial charge in [-0.25, -0.2) is 4.79 Å². The molecule has 0 unspecified atom stereocenters. The van der Waals surface area contributed by atoms with Crippen molar-refractivity contribution >= 4 is 40.6 Å². The van der Waals surface area contributed by atoms with E-state index in [1.807, 2.05) is 13.0 Å². The van der Waals surface area contributed by atoms with Crippen LogP contribution in [0.5, 0.6) is 0 Å². The van der Waals surface area contributed by atoms with Gasteiger partial charge in [-0.1, -0.05) is 51.7 Å². The van der Waals surface area contributed by atoms with E-state index in [-0.39, 0.29) is 12.3 Å². The molecule has 0 bridgehead atoms. The summed E-state index contributed by atoms with van der Waals surface area (Å²) in [5, 5.41) is 18.1. The van der Waals surface area contributed by atoms with Crippen LogP contribution in [0.25, 0.3) is 0 Å². The third kappa shape index (κ3) is 5.45. The standard InChI is InChI=1S/C19H18Cl2N2O4/c1-11-5-4-6-16(18(19(24)25)23-26-3)17(11)10-27-22-12(2)13-7-14(20)9-15(21)8-13/h4-9H,10H2,1-3H3,(H,24,25)/b22-12+,23-18+. The molecule has 0 fully saturated rings. The van der Waals surface area contributed by atoms with Gasteiger partial charge in [-0.05, 0) is 37.6 Å². The summed E-state index contributed by atoms with van der Waals surface area (Å²) in [5.41, 5.74) is 3.00. The Morgan fingerprint density at radius 3 is 2.41 bits per heavy atom. The van der Waals surface area contributed by atoms with Crippen LogP contribution in [0.2, 0.25) is 10.0 Å². The zero-order valence-corrected chi connectivity index (χ0v) is 16.5. The Morgan fingerprint density at radius 1 is 1.15 bits per heavy atom. The first-order chi connectivity index (χ1) is 12.8. The maximum Gasteiger partial charge on any atom is 0.358 e. The van der Waals surface area contributed by atoms with Gasteiger partial charge in [0, 0.05) is 26.7 Å². The minimum absolute atomic E-state index is 0.0592. The quantitative estimate of drug-likeness (QED) is 0.532. The zero-order valence-electron chi connectivity index (χ0n) is 15.0. The summed E-state index contributed by atoms with van der Waals surface area (Å²) in [6, 6.07) is 10.3. The Kier molecular flexibility index (Phi) is 7.21. The average Bonchev–Trinajstić information content (AvgIpc) is 2.60. The molecule has 0 aromatic heterocycles. The number of rotatable bonds is 7. The third-order valence-corrected chi connectivity index (χ3v) is 4.18. The maximum atomic E-state index is 11.5. The molecule has 0 atom stereocenters. The molecule has 2 rings (SSSR count). The van der Waals surface area contributed by atoms with Gasteiger partial charge in [0.15, 0.2) is 5.71 Å². The van der Waals surface area contributed by atoms with Gasteiger partial charge in [0.2, 0.25) is 0 Å². The minimum atomic E-state index is -1.20. The highest BCUT2D eigenvalue weighted by Gasteiger charge is 2.19. The zero-order chi connectivity index (χ0) is 20.0. The van der Waals surface area contributed by atoms with Gasteiger partial charge < -0.3 is 14.8 Å². The Bertz CT molecular complexity index is 890. The number of oxime groups is 2. The van der Waals surface area contributed by atoms with E-state index >= 15 is 0 Å². The lowest BCUT2D eigenvalue weighted by Gasteiger charge is -2.11. The molecule has 1 N–H and O–H groups in total. The van der Waals surface area contributed by atoms with Crippen molar-refractivity contribution in [2.45, 2.75) is 20.5 Å². The van der Waals surface area contributed by atoms with Crippen LogP contribution in [0.1, 0.15) is 29.2 Å². The van der Waals surface area contributed by atoms with Gasteiger partial charge in [0.05, 0.1) is 5.71 Å². The second-order valence-electron chi connectivity index (χ2n) is 5.64. The highest BCUT2D eigenvalue weighted by Crippen LogP contribution is 2.21. The molecule has 2 aromatic rings. The largest absolute Gasteiger partial charge is 0.476 e. The van der Waals surface area contributed by atoms with Gasteiger partial charge in [-0.15, -0.1) is 0 Å². The number of aryl methyl sites for hydroxylation is 1. The summed E-state index contributed by atoms with van der Waals surface area (Å²) in [6.07, 6.45) is 0. The van der Waals surface area contributed by atoms with Gasteiger partial charge in [-0.2, -0.15) is 0 Å². The van der Waals surface area contributed by atoms with E-state index in [1.165, 1.54) is 7.11 Å². The average molecular weight is 409 g/mol. The van der Waals surface area contributed by atoms with E-state index in [0.29, 0.717) is 26.9 Å². The van der Waals surface area contributed by atoms with Crippen LogP contribution >= 0.6 is 23.2 Å². The van der Waals surface area contributed by atoms with Crippen LogP contribution in [-0.2, 0) is 21.1 Å². The van der Waals surface area contributed by atoms with E-state index in [0.717, 1.165) is 11.1 Å². The first kappa shape index (κ1) is 20.7. The second-order valence-corrected chi connectivity index (χ2v) is 6.51. The van der Waals surface area contributed by atoms with Crippen LogP contribution < -0.4 is 0 Å². The van der Waals surface area contributed by atoms with Crippen molar-refractivity contribution in [2.24, 2.45) is 10.3 Å². The molecule has 0 aliphatic heterocycles. The SMILES string of the molecule is CO/N=C(/C(=O)O)c1cccc(C)c1CO/N=C(\C)c1cc(Cl)cc(Cl)c1. The molecule has 2 aromatic carbocycles. The lowest BCUT2D eigenvalue weighted by molar-refractivity contribution is -0.129. The van der Waals surface area contributed by atoms with Crippen molar-refractivity contribution in [3.63, 3.8) is 0 Å². The molecule has 27 heavy (non-hydrogen) atoms. The van der Waals surface area contributed by atoms with Crippen LogP contribution in [0.4, 0.5) is 0 Å². The number of carbonyl (C=O) groups is 1. The molecule has 8 heteroatoms. The Hall–Kier alpha value is -2.57. The van der Waals surface area contributed by atoms with E-state index in [2.05, 4.69) is 15.1 Å². The molecule has 6 nitrogen and oxygen atoms in total. The third-order valence-electron chi connectivity index (χ3n) is 3.74. The molecule has 0 aliphatic carbocycles. The first-order valence-corrected chi connectivity index (χ1v) is 8.65. The Labute approximate surface area is 167 Å². The second kappa shape index (κ2) is 9.39. The lowest BCUT2D eigenvalue weighted by atomic mass is 9.99. The van der Waals surface area contributed by atoms with Gasteiger partial charge in [-0.3, -0.25) is 0 Å². The fourth-order valence-electron chi connectivity index (χ4n) is 2.42. The predicted molar refractivity (Wildman–Crippen MR) is 106 cm³/mol. The van der Waals surface area contributed by atoms with Crippen molar-refractivity contribution in [1.29, 1.82) is 0 Å². The van der Waals surface area contributed by atoms with Crippen molar-refractivity contribution in [2.75, 3.05) is 7.11 Å². The topological polar surface area (TPSA) is 80.5 Å². The number of hydrogen-bond acceptors (Lipinski definition) is 5. The smallest absolute Gasteiger partial charge is 0.358 e. The van der Waals surface area contributed by atoms with Crippen LogP contribution in [-0.4, -0.2) is 29.6 Å². The van der Waals surface area contributed by atoms with Crippen LogP contribution in [0.3, 0.4) is 0 Å². The summed E-state index contributed by atoms with van der Waals surface area (Å²) < 4.78 is 0. The number of carboxylic acid groups (broad SMARTS) is 1. The molecular weight excluding hydrogens is 391 g/mol. The molecule has 0 saturated heterocycles. The molecule has 0 amide bonds. The van der Waals surface area contributed by atoms with Gasteiger partial charge >= 0.3 is 5.97 Å². The monoisotopic (exact) mass is 408 g/mol. The number of nitrogens with zero attached hydrogens (tertiary/aromatic N) is 2. The minimum Gasteiger partial charge on any atom is -0.476 e. The van der Waals surface area contributed by atoms with Crippen LogP contribution in [0, 0.1) is 6.92 Å². The normalized spacial score (nSPS) is 12.0. The molecule has 0 radical (unpaired) electrons. The fourth-order valence-corrected chi connectivity index (χ4v) is 2.95. The van der Waals surface area contributed by atoms with E-state index in [1.54, 1.807) is 37.3 Å². The van der Waals surface area contributed by atoms with E-state index in [9.17, 15) is 9.90 Å². The van der Waals surface area contributed by atoms with E-state index < -0.39 is 5.97 Å².